The maximum atomic E-state index is 11.4. The molecule has 29 heavy (non-hydrogen) atoms. The van der Waals surface area contributed by atoms with E-state index < -0.39 is 0 Å². The summed E-state index contributed by atoms with van der Waals surface area (Å²) >= 11 is 0. The summed E-state index contributed by atoms with van der Waals surface area (Å²) in [5, 5.41) is 12.5. The molecule has 0 spiro atoms. The predicted molar refractivity (Wildman–Crippen MR) is 119 cm³/mol. The molecule has 2 aliphatic heterocycles. The van der Waals surface area contributed by atoms with Crippen LogP contribution in [-0.2, 0) is 11.2 Å². The third-order valence-electron chi connectivity index (χ3n) is 6.35. The summed E-state index contributed by atoms with van der Waals surface area (Å²) in [5.41, 5.74) is 4.22. The Balaban J connectivity index is 1.78. The van der Waals surface area contributed by atoms with Gasteiger partial charge < -0.3 is 19.3 Å². The maximum absolute atomic E-state index is 11.4. The first-order valence-electron chi connectivity index (χ1n) is 11.2. The zero-order valence-electron chi connectivity index (χ0n) is 18.3. The first kappa shape index (κ1) is 20.4. The largest absolute Gasteiger partial charge is 0.494 e. The Labute approximate surface area is 174 Å². The number of nitrogens with zero attached hydrogens (tertiary/aromatic N) is 3. The second-order valence-electron chi connectivity index (χ2n) is 9.26. The summed E-state index contributed by atoms with van der Waals surface area (Å²) < 4.78 is 7.85. The van der Waals surface area contributed by atoms with Gasteiger partial charge in [-0.2, -0.15) is 0 Å². The van der Waals surface area contributed by atoms with E-state index in [4.69, 9.17) is 9.73 Å². The van der Waals surface area contributed by atoms with Gasteiger partial charge >= 0.3 is 0 Å². The summed E-state index contributed by atoms with van der Waals surface area (Å²) in [6, 6.07) is 7.59. The summed E-state index contributed by atoms with van der Waals surface area (Å²) in [7, 11) is 0. The van der Waals surface area contributed by atoms with E-state index in [0.29, 0.717) is 43.6 Å². The Hall–Kier alpha value is -1.85. The molecule has 0 aliphatic carbocycles. The van der Waals surface area contributed by atoms with Crippen LogP contribution in [0.15, 0.2) is 23.2 Å². The lowest BCUT2D eigenvalue weighted by Gasteiger charge is -2.35. The van der Waals surface area contributed by atoms with Crippen molar-refractivity contribution in [3.05, 3.63) is 29.3 Å². The molecule has 1 aromatic heterocycles. The quantitative estimate of drug-likeness (QED) is 0.813. The Bertz CT molecular complexity index is 889. The highest BCUT2D eigenvalue weighted by atomic mass is 16.5. The van der Waals surface area contributed by atoms with Crippen LogP contribution >= 0.6 is 0 Å². The number of ether oxygens (including phenoxy) is 1. The van der Waals surface area contributed by atoms with E-state index in [9.17, 15) is 5.11 Å². The number of fused-ring (bicyclic) bond motifs is 1. The second kappa shape index (κ2) is 8.49. The fourth-order valence-electron chi connectivity index (χ4n) is 4.87. The van der Waals surface area contributed by atoms with Crippen LogP contribution in [0.4, 0.5) is 0 Å². The number of aliphatic imine (C=N–C) groups is 1. The van der Waals surface area contributed by atoms with Crippen molar-refractivity contribution in [1.82, 2.24) is 9.47 Å². The van der Waals surface area contributed by atoms with Gasteiger partial charge in [0, 0.05) is 30.6 Å². The van der Waals surface area contributed by atoms with Gasteiger partial charge in [-0.3, -0.25) is 4.99 Å². The highest BCUT2D eigenvalue weighted by Gasteiger charge is 2.29. The fourth-order valence-corrected chi connectivity index (χ4v) is 4.87. The normalized spacial score (nSPS) is 19.4. The van der Waals surface area contributed by atoms with E-state index in [0.717, 1.165) is 54.5 Å². The fraction of sp³-hybridized carbons (Fsp3) is 0.625. The van der Waals surface area contributed by atoms with Crippen LogP contribution in [0.2, 0.25) is 0 Å². The van der Waals surface area contributed by atoms with Gasteiger partial charge in [-0.1, -0.05) is 19.9 Å². The van der Waals surface area contributed by atoms with E-state index >= 15 is 0 Å². The van der Waals surface area contributed by atoms with Crippen LogP contribution in [0.1, 0.15) is 57.7 Å². The highest BCUT2D eigenvalue weighted by Crippen LogP contribution is 2.39. The lowest BCUT2D eigenvalue weighted by atomic mass is 9.99. The number of piperidine rings is 1. The monoisotopic (exact) mass is 397 g/mol. The van der Waals surface area contributed by atoms with Gasteiger partial charge in [0.15, 0.2) is 0 Å². The molecule has 1 saturated heterocycles. The molecule has 0 saturated carbocycles. The van der Waals surface area contributed by atoms with Crippen molar-refractivity contribution in [3.8, 4) is 5.88 Å². The lowest BCUT2D eigenvalue weighted by molar-refractivity contribution is 0.150. The Kier molecular flexibility index (Phi) is 5.98. The zero-order valence-corrected chi connectivity index (χ0v) is 18.3. The molecule has 5 nitrogen and oxygen atoms in total. The molecule has 0 radical (unpaired) electrons. The van der Waals surface area contributed by atoms with Crippen molar-refractivity contribution in [3.63, 3.8) is 0 Å². The van der Waals surface area contributed by atoms with Crippen molar-refractivity contribution < 1.29 is 9.84 Å². The van der Waals surface area contributed by atoms with E-state index in [1.807, 2.05) is 0 Å². The molecule has 1 N–H and O–H groups in total. The van der Waals surface area contributed by atoms with Gasteiger partial charge in [0.1, 0.15) is 0 Å². The minimum atomic E-state index is 0.322. The van der Waals surface area contributed by atoms with Gasteiger partial charge in [-0.05, 0) is 56.7 Å². The molecule has 0 unspecified atom stereocenters. The number of hydrogen-bond acceptors (Lipinski definition) is 4. The first-order valence-corrected chi connectivity index (χ1v) is 11.2. The summed E-state index contributed by atoms with van der Waals surface area (Å²) in [6.45, 7) is 13.0. The maximum Gasteiger partial charge on any atom is 0.201 e. The molecule has 0 amide bonds. The third kappa shape index (κ3) is 4.08. The molecular weight excluding hydrogens is 362 g/mol. The first-order chi connectivity index (χ1) is 14.0. The van der Waals surface area contributed by atoms with Gasteiger partial charge in [-0.15, -0.1) is 0 Å². The van der Waals surface area contributed by atoms with Crippen molar-refractivity contribution in [2.75, 3.05) is 32.8 Å². The molecule has 0 bridgehead atoms. The molecule has 2 aromatic rings. The highest BCUT2D eigenvalue weighted by molar-refractivity contribution is 6.14. The lowest BCUT2D eigenvalue weighted by Crippen LogP contribution is -2.39. The minimum absolute atomic E-state index is 0.322. The average molecular weight is 398 g/mol. The summed E-state index contributed by atoms with van der Waals surface area (Å²) in [4.78, 5) is 7.23. The summed E-state index contributed by atoms with van der Waals surface area (Å²) in [6.07, 6.45) is 3.16. The van der Waals surface area contributed by atoms with Crippen molar-refractivity contribution in [2.45, 2.75) is 59.0 Å². The van der Waals surface area contributed by atoms with Crippen LogP contribution in [0.3, 0.4) is 0 Å². The Morgan fingerprint density at radius 1 is 1.17 bits per heavy atom. The smallest absolute Gasteiger partial charge is 0.201 e. The van der Waals surface area contributed by atoms with Crippen LogP contribution in [-0.4, -0.2) is 59.2 Å². The number of likely N-dealkylation sites (tertiary alicyclic amines) is 1. The Morgan fingerprint density at radius 3 is 2.55 bits per heavy atom. The molecule has 158 valence electrons. The number of rotatable bonds is 5. The molecule has 1 aromatic carbocycles. The van der Waals surface area contributed by atoms with E-state index in [1.54, 1.807) is 0 Å². The predicted octanol–water partition coefficient (Wildman–Crippen LogP) is 4.41. The minimum Gasteiger partial charge on any atom is -0.494 e. The van der Waals surface area contributed by atoms with Crippen LogP contribution in [0, 0.1) is 5.92 Å². The standard InChI is InChI=1S/C24H35N3O2/c1-16(2)13-18-5-6-22-20(14-18)23(21-15-29-12-9-25-21)24(28)27(22)19-7-10-26(11-8-19)17(3)4/h5-6,14,16-17,19,28H,7-13,15H2,1-4H3. The molecule has 1 fully saturated rings. The molecule has 2 aliphatic rings. The molecule has 4 rings (SSSR count). The summed E-state index contributed by atoms with van der Waals surface area (Å²) in [5.74, 6) is 0.969. The molecule has 0 atom stereocenters. The number of hydrogen-bond donors (Lipinski definition) is 1. The van der Waals surface area contributed by atoms with E-state index in [-0.39, 0.29) is 0 Å². The van der Waals surface area contributed by atoms with Crippen LogP contribution < -0.4 is 0 Å². The third-order valence-corrected chi connectivity index (χ3v) is 6.35. The van der Waals surface area contributed by atoms with E-state index in [2.05, 4.69) is 55.4 Å². The SMILES string of the molecule is CC(C)Cc1ccc2c(c1)c(C1=NCCOC1)c(O)n2C1CCN(C(C)C)CC1. The topological polar surface area (TPSA) is 50.0 Å². The number of aromatic hydroxyl groups is 1. The average Bonchev–Trinajstić information content (AvgIpc) is 2.99. The molecule has 3 heterocycles. The number of benzene rings is 1. The van der Waals surface area contributed by atoms with Gasteiger partial charge in [-0.25, -0.2) is 0 Å². The zero-order chi connectivity index (χ0) is 20.5. The van der Waals surface area contributed by atoms with Crippen molar-refractivity contribution >= 4 is 16.6 Å². The van der Waals surface area contributed by atoms with Crippen LogP contribution in [0.5, 0.6) is 5.88 Å². The van der Waals surface area contributed by atoms with E-state index in [1.165, 1.54) is 5.56 Å². The van der Waals surface area contributed by atoms with Gasteiger partial charge in [0.25, 0.3) is 0 Å². The Morgan fingerprint density at radius 2 is 1.93 bits per heavy atom. The second-order valence-corrected chi connectivity index (χ2v) is 9.26. The van der Waals surface area contributed by atoms with Crippen molar-refractivity contribution in [2.24, 2.45) is 10.9 Å². The number of aromatic nitrogens is 1. The molecule has 5 heteroatoms. The van der Waals surface area contributed by atoms with Gasteiger partial charge in [0.2, 0.25) is 5.88 Å². The van der Waals surface area contributed by atoms with Crippen LogP contribution in [0.25, 0.3) is 10.9 Å². The molecular formula is C24H35N3O2. The van der Waals surface area contributed by atoms with Crippen molar-refractivity contribution in [1.29, 1.82) is 0 Å². The van der Waals surface area contributed by atoms with Gasteiger partial charge in [0.05, 0.1) is 36.6 Å².